The first kappa shape index (κ1) is 8.99. The fourth-order valence-corrected chi connectivity index (χ4v) is 2.05. The molecule has 0 amide bonds. The number of para-hydroxylation sites is 1. The minimum atomic E-state index is 0.0638. The summed E-state index contributed by atoms with van der Waals surface area (Å²) in [5, 5.41) is 1.44. The highest BCUT2D eigenvalue weighted by atomic mass is 16.1. The van der Waals surface area contributed by atoms with E-state index in [1.165, 1.54) is 0 Å². The number of benzene rings is 1. The molecule has 0 saturated carbocycles. The van der Waals surface area contributed by atoms with Crippen LogP contribution in [0.4, 0.5) is 0 Å². The van der Waals surface area contributed by atoms with Gasteiger partial charge in [0.05, 0.1) is 10.9 Å². The molecule has 0 fully saturated rings. The lowest BCUT2D eigenvalue weighted by molar-refractivity contribution is 1.00. The summed E-state index contributed by atoms with van der Waals surface area (Å²) in [6.45, 7) is 0. The third-order valence-electron chi connectivity index (χ3n) is 2.87. The zero-order valence-electron chi connectivity index (χ0n) is 8.82. The van der Waals surface area contributed by atoms with Crippen LogP contribution in [0.5, 0.6) is 0 Å². The quantitative estimate of drug-likeness (QED) is 0.554. The molecule has 3 rings (SSSR count). The summed E-state index contributed by atoms with van der Waals surface area (Å²) in [5.74, 6) is 0. The summed E-state index contributed by atoms with van der Waals surface area (Å²) in [6.07, 6.45) is 0. The zero-order chi connectivity index (χ0) is 11.1. The van der Waals surface area contributed by atoms with Crippen LogP contribution in [-0.4, -0.2) is 4.57 Å². The van der Waals surface area contributed by atoms with E-state index < -0.39 is 0 Å². The predicted octanol–water partition coefficient (Wildman–Crippen LogP) is 2.29. The van der Waals surface area contributed by atoms with Gasteiger partial charge in [-0.2, -0.15) is 0 Å². The summed E-state index contributed by atoms with van der Waals surface area (Å²) in [7, 11) is 1.94. The number of fused-ring (bicyclic) bond motifs is 2. The molecule has 0 N–H and O–H groups in total. The molecule has 0 aliphatic heterocycles. The van der Waals surface area contributed by atoms with E-state index in [1.807, 2.05) is 35.9 Å². The van der Waals surface area contributed by atoms with Gasteiger partial charge in [-0.25, -0.2) is 0 Å². The van der Waals surface area contributed by atoms with Gasteiger partial charge < -0.3 is 4.57 Å². The average Bonchev–Trinajstić information content (AvgIpc) is 2.36. The molecule has 1 heterocycles. The van der Waals surface area contributed by atoms with Crippen LogP contribution in [0.1, 0.15) is 0 Å². The molecular weight excluding hydrogens is 198 g/mol. The molecule has 2 heteroatoms. The van der Waals surface area contributed by atoms with Crippen molar-refractivity contribution in [3.05, 3.63) is 58.8 Å². The SMILES string of the molecule is Cn1c2c#cccc2c(=O)c2ccccc21. The van der Waals surface area contributed by atoms with E-state index in [-0.39, 0.29) is 5.43 Å². The highest BCUT2D eigenvalue weighted by Gasteiger charge is 2.06. The third kappa shape index (κ3) is 1.06. The third-order valence-corrected chi connectivity index (χ3v) is 2.87. The average molecular weight is 207 g/mol. The second kappa shape index (κ2) is 3.11. The van der Waals surface area contributed by atoms with Gasteiger partial charge in [-0.1, -0.05) is 18.2 Å². The predicted molar refractivity (Wildman–Crippen MR) is 64.4 cm³/mol. The van der Waals surface area contributed by atoms with Gasteiger partial charge in [0.25, 0.3) is 0 Å². The van der Waals surface area contributed by atoms with Crippen LogP contribution in [-0.2, 0) is 7.05 Å². The van der Waals surface area contributed by atoms with Crippen LogP contribution in [0, 0.1) is 12.1 Å². The van der Waals surface area contributed by atoms with Gasteiger partial charge in [0, 0.05) is 12.4 Å². The van der Waals surface area contributed by atoms with Crippen molar-refractivity contribution < 1.29 is 0 Å². The Balaban J connectivity index is 2.73. The number of hydrogen-bond donors (Lipinski definition) is 0. The minimum Gasteiger partial charge on any atom is -0.336 e. The molecule has 0 aliphatic carbocycles. The van der Waals surface area contributed by atoms with Crippen molar-refractivity contribution in [2.75, 3.05) is 0 Å². The van der Waals surface area contributed by atoms with Crippen molar-refractivity contribution in [3.63, 3.8) is 0 Å². The van der Waals surface area contributed by atoms with Gasteiger partial charge in [0.1, 0.15) is 5.52 Å². The molecule has 76 valence electrons. The summed E-state index contributed by atoms with van der Waals surface area (Å²) < 4.78 is 1.97. The van der Waals surface area contributed by atoms with E-state index in [0.717, 1.165) is 16.4 Å². The lowest BCUT2D eigenvalue weighted by Gasteiger charge is -2.07. The summed E-state index contributed by atoms with van der Waals surface area (Å²) >= 11 is 0. The Labute approximate surface area is 92.8 Å². The molecule has 1 aromatic heterocycles. The van der Waals surface area contributed by atoms with Crippen LogP contribution in [0.15, 0.2) is 41.2 Å². The Kier molecular flexibility index (Phi) is 1.75. The van der Waals surface area contributed by atoms with Crippen molar-refractivity contribution in [1.29, 1.82) is 0 Å². The highest BCUT2D eigenvalue weighted by Crippen LogP contribution is 2.15. The Morgan fingerprint density at radius 1 is 1.12 bits per heavy atom. The molecule has 0 unspecified atom stereocenters. The van der Waals surface area contributed by atoms with Crippen molar-refractivity contribution in [1.82, 2.24) is 4.57 Å². The van der Waals surface area contributed by atoms with E-state index in [4.69, 9.17) is 0 Å². The van der Waals surface area contributed by atoms with Crippen molar-refractivity contribution in [2.45, 2.75) is 0 Å². The summed E-state index contributed by atoms with van der Waals surface area (Å²) in [4.78, 5) is 12.2. The van der Waals surface area contributed by atoms with E-state index in [1.54, 1.807) is 12.1 Å². The number of pyridine rings is 1. The topological polar surface area (TPSA) is 22.0 Å². The molecular formula is C14H9NO. The first-order chi connectivity index (χ1) is 7.79. The molecule has 0 aliphatic rings. The molecule has 2 nitrogen and oxygen atoms in total. The fraction of sp³-hybridized carbons (Fsp3) is 0.0714. The molecule has 2 aromatic carbocycles. The molecule has 16 heavy (non-hydrogen) atoms. The number of aromatic nitrogens is 1. The number of rotatable bonds is 0. The van der Waals surface area contributed by atoms with E-state index >= 15 is 0 Å². The first-order valence-electron chi connectivity index (χ1n) is 5.09. The number of aryl methyl sites for hydroxylation is 1. The Hall–Kier alpha value is -2.27. The minimum absolute atomic E-state index is 0.0638. The van der Waals surface area contributed by atoms with Crippen molar-refractivity contribution >= 4 is 21.8 Å². The Morgan fingerprint density at radius 2 is 1.94 bits per heavy atom. The summed E-state index contributed by atoms with van der Waals surface area (Å²) in [6, 6.07) is 17.0. The zero-order valence-corrected chi connectivity index (χ0v) is 8.82. The van der Waals surface area contributed by atoms with E-state index in [2.05, 4.69) is 12.1 Å². The summed E-state index contributed by atoms with van der Waals surface area (Å²) in [5.41, 5.74) is 1.79. The van der Waals surface area contributed by atoms with Crippen LogP contribution in [0.25, 0.3) is 21.8 Å². The lowest BCUT2D eigenvalue weighted by atomic mass is 10.1. The number of nitrogens with zero attached hydrogens (tertiary/aromatic N) is 1. The van der Waals surface area contributed by atoms with Crippen LogP contribution >= 0.6 is 0 Å². The normalized spacial score (nSPS) is 10.6. The standard InChI is InChI=1S/C14H9NO/c1-15-12-8-4-2-6-10(12)14(16)11-7-3-5-9-13(11)15/h2-4,6-8H,1H3. The molecule has 0 radical (unpaired) electrons. The molecule has 3 aromatic rings. The van der Waals surface area contributed by atoms with Gasteiger partial charge in [0.2, 0.25) is 0 Å². The highest BCUT2D eigenvalue weighted by molar-refractivity contribution is 5.92. The maximum absolute atomic E-state index is 12.2. The van der Waals surface area contributed by atoms with Gasteiger partial charge in [-0.05, 0) is 30.3 Å². The van der Waals surface area contributed by atoms with Gasteiger partial charge >= 0.3 is 0 Å². The van der Waals surface area contributed by atoms with Gasteiger partial charge in [-0.15, -0.1) is 0 Å². The maximum Gasteiger partial charge on any atom is 0.197 e. The van der Waals surface area contributed by atoms with Gasteiger partial charge in [-0.3, -0.25) is 4.79 Å². The van der Waals surface area contributed by atoms with Crippen molar-refractivity contribution in [2.24, 2.45) is 7.05 Å². The van der Waals surface area contributed by atoms with E-state index in [9.17, 15) is 4.79 Å². The molecule has 0 saturated heterocycles. The maximum atomic E-state index is 12.2. The lowest BCUT2D eigenvalue weighted by Crippen LogP contribution is -2.08. The molecule has 0 spiro atoms. The first-order valence-corrected chi connectivity index (χ1v) is 5.09. The smallest absolute Gasteiger partial charge is 0.197 e. The second-order valence-electron chi connectivity index (χ2n) is 3.77. The van der Waals surface area contributed by atoms with Crippen LogP contribution in [0.2, 0.25) is 0 Å². The fourth-order valence-electron chi connectivity index (χ4n) is 2.05. The second-order valence-corrected chi connectivity index (χ2v) is 3.77. The van der Waals surface area contributed by atoms with Crippen LogP contribution in [0.3, 0.4) is 0 Å². The molecule has 0 atom stereocenters. The Morgan fingerprint density at radius 3 is 2.81 bits per heavy atom. The largest absolute Gasteiger partial charge is 0.336 e. The Bertz CT molecular complexity index is 680. The van der Waals surface area contributed by atoms with Gasteiger partial charge in [0.15, 0.2) is 5.43 Å². The monoisotopic (exact) mass is 207 g/mol. The number of hydrogen-bond acceptors (Lipinski definition) is 1. The van der Waals surface area contributed by atoms with Crippen LogP contribution < -0.4 is 5.43 Å². The van der Waals surface area contributed by atoms with E-state index in [0.29, 0.717) is 5.39 Å². The molecule has 0 bridgehead atoms. The van der Waals surface area contributed by atoms with Crippen molar-refractivity contribution in [3.8, 4) is 0 Å².